The molecular weight excluding hydrogens is 530 g/mol. The van der Waals surface area contributed by atoms with Crippen molar-refractivity contribution in [2.24, 2.45) is 4.99 Å². The van der Waals surface area contributed by atoms with Crippen LogP contribution in [0.4, 0.5) is 4.39 Å². The highest BCUT2D eigenvalue weighted by Crippen LogP contribution is 2.29. The molecule has 0 aliphatic rings. The van der Waals surface area contributed by atoms with E-state index in [0.717, 1.165) is 15.0 Å². The summed E-state index contributed by atoms with van der Waals surface area (Å²) in [5, 5.41) is 20.5. The minimum atomic E-state index is -0.646. The number of hydrogen-bond donors (Lipinski definition) is 4. The number of aliphatic imine (C=N–C) groups is 1. The number of hydrogen-bond acceptors (Lipinski definition) is 4. The van der Waals surface area contributed by atoms with Gasteiger partial charge in [0.25, 0.3) is 0 Å². The van der Waals surface area contributed by atoms with Crippen molar-refractivity contribution >= 4 is 57.3 Å². The lowest BCUT2D eigenvalue weighted by molar-refractivity contribution is -0.120. The van der Waals surface area contributed by atoms with E-state index < -0.39 is 6.10 Å². The molecule has 0 bridgehead atoms. The molecule has 0 saturated carbocycles. The molecule has 0 aliphatic carbocycles. The number of amides is 1. The van der Waals surface area contributed by atoms with E-state index in [4.69, 9.17) is 0 Å². The summed E-state index contributed by atoms with van der Waals surface area (Å²) in [5.74, 6) is 0.00902. The number of carbonyl (C=O) groups is 1. The zero-order valence-corrected chi connectivity index (χ0v) is 20.2. The molecule has 166 valence electrons. The molecule has 0 fully saturated rings. The van der Waals surface area contributed by atoms with Gasteiger partial charge in [-0.25, -0.2) is 4.39 Å². The average molecular weight is 556 g/mol. The molecule has 2 aromatic carbocycles. The fourth-order valence-corrected chi connectivity index (χ4v) is 4.01. The number of aliphatic hydroxyl groups excluding tert-OH is 1. The number of thiophene rings is 1. The molecule has 1 aromatic heterocycles. The Morgan fingerprint density at radius 2 is 1.87 bits per heavy atom. The maximum atomic E-state index is 13.2. The van der Waals surface area contributed by atoms with Crippen molar-refractivity contribution in [2.45, 2.75) is 12.5 Å². The van der Waals surface area contributed by atoms with Crippen LogP contribution in [0.3, 0.4) is 0 Å². The average Bonchev–Trinajstić information content (AvgIpc) is 3.17. The van der Waals surface area contributed by atoms with Crippen LogP contribution >= 0.6 is 35.3 Å². The van der Waals surface area contributed by atoms with Gasteiger partial charge in [0, 0.05) is 36.3 Å². The standard InChI is InChI=1S/C22H25FN4O2S.HI/c1-24-22(26-10-9-25-21(29)12-15-5-4-7-17(23)11-15)27-14-18(28)20-13-16-6-2-3-8-19(16)30-20;/h2-8,11,13,18,28H,9-10,12,14H2,1H3,(H,25,29)(H2,24,26,27);1H. The third-order valence-electron chi connectivity index (χ3n) is 4.45. The lowest BCUT2D eigenvalue weighted by Gasteiger charge is -2.15. The topological polar surface area (TPSA) is 85.8 Å². The van der Waals surface area contributed by atoms with Gasteiger partial charge in [-0.15, -0.1) is 35.3 Å². The molecule has 0 spiro atoms. The second-order valence-corrected chi connectivity index (χ2v) is 7.85. The molecule has 1 atom stereocenters. The van der Waals surface area contributed by atoms with Crippen LogP contribution in [0.2, 0.25) is 0 Å². The summed E-state index contributed by atoms with van der Waals surface area (Å²) in [5.41, 5.74) is 0.633. The van der Waals surface area contributed by atoms with Crippen LogP contribution < -0.4 is 16.0 Å². The fourth-order valence-electron chi connectivity index (χ4n) is 2.96. The first-order valence-corrected chi connectivity index (χ1v) is 10.5. The molecule has 3 rings (SSSR count). The molecule has 1 amide bonds. The molecule has 0 radical (unpaired) electrons. The Bertz CT molecular complexity index is 994. The highest BCUT2D eigenvalue weighted by atomic mass is 127. The SMILES string of the molecule is CN=C(NCCNC(=O)Cc1cccc(F)c1)NCC(O)c1cc2ccccc2s1.I. The fraction of sp³-hybridized carbons (Fsp3) is 0.273. The predicted octanol–water partition coefficient (Wildman–Crippen LogP) is 3.22. The van der Waals surface area contributed by atoms with E-state index in [0.29, 0.717) is 31.2 Å². The molecule has 0 aliphatic heterocycles. The van der Waals surface area contributed by atoms with Gasteiger partial charge in [-0.05, 0) is 35.2 Å². The summed E-state index contributed by atoms with van der Waals surface area (Å²) in [6.07, 6.45) is -0.515. The van der Waals surface area contributed by atoms with Gasteiger partial charge in [-0.2, -0.15) is 0 Å². The number of carbonyl (C=O) groups excluding carboxylic acids is 1. The van der Waals surface area contributed by atoms with Crippen molar-refractivity contribution in [3.05, 3.63) is 70.9 Å². The minimum absolute atomic E-state index is 0. The Morgan fingerprint density at radius 1 is 1.10 bits per heavy atom. The zero-order chi connectivity index (χ0) is 21.3. The van der Waals surface area contributed by atoms with Crippen molar-refractivity contribution in [1.29, 1.82) is 0 Å². The smallest absolute Gasteiger partial charge is 0.224 e. The summed E-state index contributed by atoms with van der Waals surface area (Å²) in [7, 11) is 1.64. The first-order valence-electron chi connectivity index (χ1n) is 9.67. The number of nitrogens with one attached hydrogen (secondary N) is 3. The van der Waals surface area contributed by atoms with Gasteiger partial charge >= 0.3 is 0 Å². The highest BCUT2D eigenvalue weighted by Gasteiger charge is 2.12. The quantitative estimate of drug-likeness (QED) is 0.149. The monoisotopic (exact) mass is 556 g/mol. The largest absolute Gasteiger partial charge is 0.386 e. The van der Waals surface area contributed by atoms with Crippen molar-refractivity contribution in [3.63, 3.8) is 0 Å². The first-order chi connectivity index (χ1) is 14.5. The van der Waals surface area contributed by atoms with Crippen molar-refractivity contribution in [1.82, 2.24) is 16.0 Å². The molecule has 4 N–H and O–H groups in total. The summed E-state index contributed by atoms with van der Waals surface area (Å²) in [6.45, 7) is 1.18. The second-order valence-electron chi connectivity index (χ2n) is 6.74. The Morgan fingerprint density at radius 3 is 2.61 bits per heavy atom. The van der Waals surface area contributed by atoms with Crippen LogP contribution in [-0.2, 0) is 11.2 Å². The summed E-state index contributed by atoms with van der Waals surface area (Å²) < 4.78 is 14.3. The normalized spacial score (nSPS) is 12.2. The number of guanidine groups is 1. The van der Waals surface area contributed by atoms with Crippen molar-refractivity contribution < 1.29 is 14.3 Å². The third kappa shape index (κ3) is 7.75. The van der Waals surface area contributed by atoms with E-state index >= 15 is 0 Å². The van der Waals surface area contributed by atoms with Gasteiger partial charge in [0.15, 0.2) is 5.96 Å². The zero-order valence-electron chi connectivity index (χ0n) is 17.1. The molecular formula is C22H26FIN4O2S. The van der Waals surface area contributed by atoms with Crippen LogP contribution in [0.15, 0.2) is 59.6 Å². The lowest BCUT2D eigenvalue weighted by atomic mass is 10.1. The van der Waals surface area contributed by atoms with Gasteiger partial charge in [0.05, 0.1) is 6.42 Å². The molecule has 1 heterocycles. The van der Waals surface area contributed by atoms with Crippen LogP contribution in [0.5, 0.6) is 0 Å². The van der Waals surface area contributed by atoms with Gasteiger partial charge in [-0.1, -0.05) is 30.3 Å². The van der Waals surface area contributed by atoms with Crippen molar-refractivity contribution in [2.75, 3.05) is 26.7 Å². The van der Waals surface area contributed by atoms with E-state index in [1.54, 1.807) is 30.5 Å². The predicted molar refractivity (Wildman–Crippen MR) is 135 cm³/mol. The molecule has 6 nitrogen and oxygen atoms in total. The van der Waals surface area contributed by atoms with Crippen LogP contribution in [0.25, 0.3) is 10.1 Å². The lowest BCUT2D eigenvalue weighted by Crippen LogP contribution is -2.42. The Hall–Kier alpha value is -2.24. The summed E-state index contributed by atoms with van der Waals surface area (Å²) in [6, 6.07) is 16.0. The summed E-state index contributed by atoms with van der Waals surface area (Å²) >= 11 is 1.57. The Labute approximate surface area is 202 Å². The van der Waals surface area contributed by atoms with Gasteiger partial charge in [0.2, 0.25) is 5.91 Å². The van der Waals surface area contributed by atoms with E-state index in [-0.39, 0.29) is 42.1 Å². The van der Waals surface area contributed by atoms with Gasteiger partial charge in [0.1, 0.15) is 11.9 Å². The number of fused-ring (bicyclic) bond motifs is 1. The van der Waals surface area contributed by atoms with E-state index in [2.05, 4.69) is 20.9 Å². The maximum Gasteiger partial charge on any atom is 0.224 e. The molecule has 1 unspecified atom stereocenters. The second kappa shape index (κ2) is 12.6. The highest BCUT2D eigenvalue weighted by molar-refractivity contribution is 14.0. The number of rotatable bonds is 8. The van der Waals surface area contributed by atoms with E-state index in [1.807, 2.05) is 30.3 Å². The number of benzene rings is 2. The Kier molecular flexibility index (Phi) is 10.2. The van der Waals surface area contributed by atoms with Crippen LogP contribution in [-0.4, -0.2) is 43.7 Å². The van der Waals surface area contributed by atoms with E-state index in [9.17, 15) is 14.3 Å². The van der Waals surface area contributed by atoms with Crippen LogP contribution in [0.1, 0.15) is 16.5 Å². The molecule has 31 heavy (non-hydrogen) atoms. The molecule has 3 aromatic rings. The van der Waals surface area contributed by atoms with Gasteiger partial charge < -0.3 is 21.1 Å². The Balaban J connectivity index is 0.00000341. The molecule has 0 saturated heterocycles. The summed E-state index contributed by atoms with van der Waals surface area (Å²) in [4.78, 5) is 17.0. The third-order valence-corrected chi connectivity index (χ3v) is 5.67. The first kappa shape index (κ1) is 25.0. The number of nitrogens with zero attached hydrogens (tertiary/aromatic N) is 1. The molecule has 9 heteroatoms. The number of halogens is 2. The minimum Gasteiger partial charge on any atom is -0.386 e. The number of aliphatic hydroxyl groups is 1. The van der Waals surface area contributed by atoms with Crippen LogP contribution in [0, 0.1) is 5.82 Å². The van der Waals surface area contributed by atoms with E-state index in [1.165, 1.54) is 12.1 Å². The van der Waals surface area contributed by atoms with Gasteiger partial charge in [-0.3, -0.25) is 9.79 Å². The van der Waals surface area contributed by atoms with Crippen molar-refractivity contribution in [3.8, 4) is 0 Å². The maximum absolute atomic E-state index is 13.2.